The number of aromatic nitrogens is 1. The number of nitrogens with one attached hydrogen (secondary N) is 2. The number of aliphatic hydroxyl groups is 1. The van der Waals surface area contributed by atoms with Crippen LogP contribution >= 0.6 is 0 Å². The first kappa shape index (κ1) is 26.6. The summed E-state index contributed by atoms with van der Waals surface area (Å²) in [6, 6.07) is 13.4. The van der Waals surface area contributed by atoms with Gasteiger partial charge in [0.15, 0.2) is 0 Å². The number of alkyl halides is 3. The fourth-order valence-corrected chi connectivity index (χ4v) is 3.96. The fourth-order valence-electron chi connectivity index (χ4n) is 3.96. The Bertz CT molecular complexity index is 1400. The van der Waals surface area contributed by atoms with Gasteiger partial charge < -0.3 is 20.6 Å². The number of aliphatic hydroxyl groups excluding tert-OH is 1. The Morgan fingerprint density at radius 3 is 2.45 bits per heavy atom. The third kappa shape index (κ3) is 6.09. The molecule has 0 radical (unpaired) electrons. The minimum absolute atomic E-state index is 0.0647. The van der Waals surface area contributed by atoms with Crippen molar-refractivity contribution < 1.29 is 27.9 Å². The standard InChI is InChI=1S/C28H25F3N4O3/c1-35(2)25-14-11-18(16-32-25)20(17-9-12-19(13-10-17)28(29,30)31)5-3-8-26(37)33-22-6-4-7-23-21(22)15-24(36)27(38)34-23/h3-14,16,24,36H,15H2,1-2H3,(H,33,37)(H,34,38). The maximum Gasteiger partial charge on any atom is 0.416 e. The van der Waals surface area contributed by atoms with Crippen molar-refractivity contribution in [2.24, 2.45) is 0 Å². The highest BCUT2D eigenvalue weighted by Gasteiger charge is 2.30. The summed E-state index contributed by atoms with van der Waals surface area (Å²) >= 11 is 0. The molecule has 1 atom stereocenters. The first-order chi connectivity index (χ1) is 18.0. The number of pyridine rings is 1. The van der Waals surface area contributed by atoms with Gasteiger partial charge in [0.25, 0.3) is 5.91 Å². The van der Waals surface area contributed by atoms with E-state index in [1.807, 2.05) is 19.0 Å². The summed E-state index contributed by atoms with van der Waals surface area (Å²) in [6.45, 7) is 0. The molecule has 1 aliphatic heterocycles. The van der Waals surface area contributed by atoms with Gasteiger partial charge in [-0.15, -0.1) is 0 Å². The zero-order valence-corrected chi connectivity index (χ0v) is 20.6. The molecule has 0 saturated heterocycles. The number of nitrogens with zero attached hydrogens (tertiary/aromatic N) is 2. The number of rotatable bonds is 6. The van der Waals surface area contributed by atoms with Crippen LogP contribution in [0.15, 0.2) is 79.0 Å². The molecule has 10 heteroatoms. The average molecular weight is 523 g/mol. The van der Waals surface area contributed by atoms with E-state index >= 15 is 0 Å². The average Bonchev–Trinajstić information content (AvgIpc) is 2.87. The van der Waals surface area contributed by atoms with Gasteiger partial charge in [-0.25, -0.2) is 4.98 Å². The van der Waals surface area contributed by atoms with Crippen LogP contribution in [0.2, 0.25) is 0 Å². The highest BCUT2D eigenvalue weighted by atomic mass is 19.4. The van der Waals surface area contributed by atoms with Crippen LogP contribution in [0.4, 0.5) is 30.4 Å². The van der Waals surface area contributed by atoms with Crippen molar-refractivity contribution in [2.45, 2.75) is 18.7 Å². The van der Waals surface area contributed by atoms with Gasteiger partial charge in [0.05, 0.1) is 5.56 Å². The van der Waals surface area contributed by atoms with Crippen molar-refractivity contribution in [3.05, 3.63) is 101 Å². The van der Waals surface area contributed by atoms with Gasteiger partial charge >= 0.3 is 6.18 Å². The van der Waals surface area contributed by atoms with Gasteiger partial charge in [-0.2, -0.15) is 13.2 Å². The highest BCUT2D eigenvalue weighted by molar-refractivity contribution is 6.03. The first-order valence-electron chi connectivity index (χ1n) is 11.6. The van der Waals surface area contributed by atoms with Crippen molar-refractivity contribution in [1.82, 2.24) is 4.98 Å². The van der Waals surface area contributed by atoms with Crippen molar-refractivity contribution in [3.8, 4) is 0 Å². The van der Waals surface area contributed by atoms with Crippen molar-refractivity contribution >= 4 is 34.6 Å². The Hall–Kier alpha value is -4.44. The molecule has 1 aromatic heterocycles. The van der Waals surface area contributed by atoms with Gasteiger partial charge in [0.2, 0.25) is 5.91 Å². The van der Waals surface area contributed by atoms with Crippen LogP contribution in [-0.4, -0.2) is 42.1 Å². The maximum atomic E-state index is 13.1. The number of carbonyl (C=O) groups excluding carboxylic acids is 2. The molecule has 0 fully saturated rings. The molecular formula is C28H25F3N4O3. The number of halogens is 3. The molecule has 1 unspecified atom stereocenters. The van der Waals surface area contributed by atoms with E-state index in [1.165, 1.54) is 24.3 Å². The summed E-state index contributed by atoms with van der Waals surface area (Å²) in [4.78, 5) is 30.6. The fraction of sp³-hybridized carbons (Fsp3) is 0.179. The van der Waals surface area contributed by atoms with E-state index in [-0.39, 0.29) is 6.42 Å². The Balaban J connectivity index is 1.60. The van der Waals surface area contributed by atoms with Crippen molar-refractivity contribution in [1.29, 1.82) is 0 Å². The summed E-state index contributed by atoms with van der Waals surface area (Å²) in [6.07, 6.45) is 0.413. The Morgan fingerprint density at radius 2 is 1.82 bits per heavy atom. The maximum absolute atomic E-state index is 13.1. The largest absolute Gasteiger partial charge is 0.416 e. The predicted molar refractivity (Wildman–Crippen MR) is 140 cm³/mol. The number of allylic oxidation sites excluding steroid dienone is 2. The number of hydrogen-bond acceptors (Lipinski definition) is 5. The van der Waals surface area contributed by atoms with Gasteiger partial charge in [-0.05, 0) is 47.5 Å². The topological polar surface area (TPSA) is 94.6 Å². The van der Waals surface area contributed by atoms with Crippen LogP contribution < -0.4 is 15.5 Å². The van der Waals surface area contributed by atoms with Crippen LogP contribution in [0.25, 0.3) is 5.57 Å². The van der Waals surface area contributed by atoms with E-state index in [4.69, 9.17) is 0 Å². The monoisotopic (exact) mass is 522 g/mol. The lowest BCUT2D eigenvalue weighted by Gasteiger charge is -2.23. The summed E-state index contributed by atoms with van der Waals surface area (Å²) < 4.78 is 39.2. The Labute approximate surface area is 217 Å². The zero-order chi connectivity index (χ0) is 27.4. The number of amides is 2. The SMILES string of the molecule is CN(C)c1ccc(C(=CC=CC(=O)Nc2cccc3c2CC(O)C(=O)N3)c2ccc(C(F)(F)F)cc2)cn1. The zero-order valence-electron chi connectivity index (χ0n) is 20.6. The minimum atomic E-state index is -4.45. The molecule has 3 N–H and O–H groups in total. The molecule has 2 amide bonds. The number of anilines is 3. The second-order valence-corrected chi connectivity index (χ2v) is 8.84. The van der Waals surface area contributed by atoms with Gasteiger partial charge in [-0.3, -0.25) is 9.59 Å². The lowest BCUT2D eigenvalue weighted by atomic mass is 9.97. The molecule has 0 aliphatic carbocycles. The van der Waals surface area contributed by atoms with Crippen LogP contribution in [0, 0.1) is 0 Å². The van der Waals surface area contributed by atoms with Crippen molar-refractivity contribution in [3.63, 3.8) is 0 Å². The number of benzene rings is 2. The Kier molecular flexibility index (Phi) is 7.63. The molecule has 7 nitrogen and oxygen atoms in total. The van der Waals surface area contributed by atoms with Crippen LogP contribution in [0.3, 0.4) is 0 Å². The highest BCUT2D eigenvalue weighted by Crippen LogP contribution is 2.32. The summed E-state index contributed by atoms with van der Waals surface area (Å²) in [5.74, 6) is -0.258. The smallest absolute Gasteiger partial charge is 0.383 e. The van der Waals surface area contributed by atoms with E-state index in [0.717, 1.165) is 12.1 Å². The van der Waals surface area contributed by atoms with Crippen LogP contribution in [0.1, 0.15) is 22.3 Å². The van der Waals surface area contributed by atoms with Gasteiger partial charge in [-0.1, -0.05) is 30.4 Å². The van der Waals surface area contributed by atoms with E-state index in [2.05, 4.69) is 15.6 Å². The summed E-state index contributed by atoms with van der Waals surface area (Å²) in [5, 5.41) is 15.2. The summed E-state index contributed by atoms with van der Waals surface area (Å²) in [5.41, 5.74) is 2.56. The number of fused-ring (bicyclic) bond motifs is 1. The second-order valence-electron chi connectivity index (χ2n) is 8.84. The van der Waals surface area contributed by atoms with Gasteiger partial charge in [0, 0.05) is 55.3 Å². The molecule has 196 valence electrons. The van der Waals surface area contributed by atoms with E-state index in [0.29, 0.717) is 39.5 Å². The Morgan fingerprint density at radius 1 is 1.11 bits per heavy atom. The number of carbonyl (C=O) groups is 2. The van der Waals surface area contributed by atoms with E-state index in [9.17, 15) is 27.9 Å². The van der Waals surface area contributed by atoms with E-state index in [1.54, 1.807) is 42.6 Å². The second kappa shape index (κ2) is 10.9. The molecule has 4 rings (SSSR count). The molecule has 38 heavy (non-hydrogen) atoms. The third-order valence-corrected chi connectivity index (χ3v) is 5.94. The predicted octanol–water partition coefficient (Wildman–Crippen LogP) is 4.65. The van der Waals surface area contributed by atoms with Crippen molar-refractivity contribution in [2.75, 3.05) is 29.6 Å². The molecule has 0 saturated carbocycles. The first-order valence-corrected chi connectivity index (χ1v) is 11.6. The lowest BCUT2D eigenvalue weighted by molar-refractivity contribution is -0.137. The molecule has 2 heterocycles. The minimum Gasteiger partial charge on any atom is -0.383 e. The molecule has 0 bridgehead atoms. The van der Waals surface area contributed by atoms with E-state index < -0.39 is 29.7 Å². The quantitative estimate of drug-likeness (QED) is 0.324. The number of hydrogen-bond donors (Lipinski definition) is 3. The molecule has 3 aromatic rings. The molecule has 2 aromatic carbocycles. The van der Waals surface area contributed by atoms with Crippen LogP contribution in [0.5, 0.6) is 0 Å². The lowest BCUT2D eigenvalue weighted by Crippen LogP contribution is -2.34. The molecular weight excluding hydrogens is 497 g/mol. The normalized spacial score (nSPS) is 15.7. The van der Waals surface area contributed by atoms with Gasteiger partial charge in [0.1, 0.15) is 11.9 Å². The van der Waals surface area contributed by atoms with Crippen LogP contribution in [-0.2, 0) is 22.2 Å². The third-order valence-electron chi connectivity index (χ3n) is 5.94. The molecule has 0 spiro atoms. The summed E-state index contributed by atoms with van der Waals surface area (Å²) in [7, 11) is 3.68. The molecule has 1 aliphatic rings.